The first kappa shape index (κ1) is 21.7. The highest BCUT2D eigenvalue weighted by atomic mass is 16.6. The van der Waals surface area contributed by atoms with E-state index in [2.05, 4.69) is 19.8 Å². The lowest BCUT2D eigenvalue weighted by Crippen LogP contribution is -2.47. The molecule has 0 spiro atoms. The van der Waals surface area contributed by atoms with Crippen molar-refractivity contribution in [3.05, 3.63) is 6.33 Å². The summed E-state index contributed by atoms with van der Waals surface area (Å²) >= 11 is 0. The van der Waals surface area contributed by atoms with Crippen LogP contribution in [0.4, 0.5) is 0 Å². The number of piperidine rings is 2. The third-order valence-corrected chi connectivity index (χ3v) is 9.51. The smallest absolute Gasteiger partial charge is 0.264 e. The molecule has 7 nitrogen and oxygen atoms in total. The maximum atomic E-state index is 6.49. The van der Waals surface area contributed by atoms with Crippen LogP contribution in [-0.4, -0.2) is 76.3 Å². The summed E-state index contributed by atoms with van der Waals surface area (Å²) in [5.74, 6) is 3.60. The van der Waals surface area contributed by atoms with E-state index in [-0.39, 0.29) is 12.2 Å². The van der Waals surface area contributed by atoms with Gasteiger partial charge in [0.1, 0.15) is 18.5 Å². The molecule has 6 fully saturated rings. The first-order valence-electron chi connectivity index (χ1n) is 14.0. The molecule has 0 N–H and O–H groups in total. The van der Waals surface area contributed by atoms with Gasteiger partial charge in [-0.1, -0.05) is 0 Å². The van der Waals surface area contributed by atoms with Crippen LogP contribution in [0, 0.1) is 11.8 Å². The van der Waals surface area contributed by atoms with E-state index in [0.717, 1.165) is 37.5 Å². The van der Waals surface area contributed by atoms with E-state index in [1.165, 1.54) is 64.5 Å². The Kier molecular flexibility index (Phi) is 5.61. The Labute approximate surface area is 203 Å². The molecule has 186 valence electrons. The molecule has 4 saturated heterocycles. The second-order valence-corrected chi connectivity index (χ2v) is 12.0. The van der Waals surface area contributed by atoms with Gasteiger partial charge < -0.3 is 14.2 Å². The summed E-state index contributed by atoms with van der Waals surface area (Å²) in [4.78, 5) is 14.5. The lowest BCUT2D eigenvalue weighted by atomic mass is 9.99. The van der Waals surface area contributed by atoms with E-state index >= 15 is 0 Å². The van der Waals surface area contributed by atoms with Crippen LogP contribution in [-0.2, 0) is 0 Å². The van der Waals surface area contributed by atoms with Crippen LogP contribution in [0.5, 0.6) is 17.5 Å². The number of aromatic nitrogens is 2. The molecule has 3 unspecified atom stereocenters. The highest BCUT2D eigenvalue weighted by Gasteiger charge is 2.45. The Morgan fingerprint density at radius 2 is 1.09 bits per heavy atom. The highest BCUT2D eigenvalue weighted by molar-refractivity contribution is 5.42. The van der Waals surface area contributed by atoms with Crippen LogP contribution in [0.1, 0.15) is 77.0 Å². The van der Waals surface area contributed by atoms with Crippen molar-refractivity contribution >= 4 is 0 Å². The Morgan fingerprint density at radius 1 is 0.676 bits per heavy atom. The summed E-state index contributed by atoms with van der Waals surface area (Å²) in [5.41, 5.74) is 0. The fourth-order valence-electron chi connectivity index (χ4n) is 7.43. The summed E-state index contributed by atoms with van der Waals surface area (Å²) in [6.07, 6.45) is 17.3. The van der Waals surface area contributed by atoms with Gasteiger partial charge in [0.25, 0.3) is 11.8 Å². The van der Waals surface area contributed by atoms with Crippen LogP contribution in [0.15, 0.2) is 6.33 Å². The number of hydrogen-bond donors (Lipinski definition) is 0. The predicted molar refractivity (Wildman–Crippen MR) is 128 cm³/mol. The third-order valence-electron chi connectivity index (χ3n) is 9.51. The number of hydrogen-bond acceptors (Lipinski definition) is 7. The monoisotopic (exact) mass is 468 g/mol. The SMILES string of the molecule is COc1c(OC2CC3CCC(C2)N3CC2CC2)ncnc1OC1C[C@H]2CC[C@@H](C1)N2CC1CC1. The fraction of sp³-hybridized carbons (Fsp3) is 0.852. The van der Waals surface area contributed by atoms with E-state index in [1.54, 1.807) is 13.4 Å². The summed E-state index contributed by atoms with van der Waals surface area (Å²) in [7, 11) is 1.68. The zero-order chi connectivity index (χ0) is 22.6. The molecule has 4 bridgehead atoms. The van der Waals surface area contributed by atoms with Crippen LogP contribution < -0.4 is 14.2 Å². The van der Waals surface area contributed by atoms with E-state index in [4.69, 9.17) is 14.2 Å². The van der Waals surface area contributed by atoms with Crippen molar-refractivity contribution in [3.63, 3.8) is 0 Å². The minimum Gasteiger partial charge on any atom is -0.487 e. The summed E-state index contributed by atoms with van der Waals surface area (Å²) in [5, 5.41) is 0. The second-order valence-electron chi connectivity index (χ2n) is 12.0. The van der Waals surface area contributed by atoms with Crippen LogP contribution in [0.25, 0.3) is 0 Å². The normalized spacial score (nSPS) is 37.7. The van der Waals surface area contributed by atoms with Gasteiger partial charge in [-0.05, 0) is 88.9 Å². The van der Waals surface area contributed by atoms with Gasteiger partial charge in [-0.25, -0.2) is 0 Å². The average molecular weight is 469 g/mol. The standard InChI is InChI=1S/C27H40N4O3/c1-32-25-26(33-23-10-19-6-7-20(11-23)30(19)14-17-2-3-17)28-16-29-27(25)34-24-12-21-8-9-22(13-24)31(21)15-18-4-5-18/h16-24H,2-15H2,1H3/t19-,20+,21?,22?,23?,24?. The molecule has 34 heavy (non-hydrogen) atoms. The number of nitrogens with zero attached hydrogens (tertiary/aromatic N) is 4. The molecule has 1 aromatic heterocycles. The van der Waals surface area contributed by atoms with Crippen molar-refractivity contribution in [2.24, 2.45) is 11.8 Å². The minimum absolute atomic E-state index is 0.200. The quantitative estimate of drug-likeness (QED) is 0.542. The molecule has 6 aliphatic rings. The van der Waals surface area contributed by atoms with Gasteiger partial charge in [-0.2, -0.15) is 9.97 Å². The Morgan fingerprint density at radius 3 is 1.44 bits per heavy atom. The van der Waals surface area contributed by atoms with E-state index in [1.807, 2.05) is 0 Å². The molecule has 2 aliphatic carbocycles. The highest BCUT2D eigenvalue weighted by Crippen LogP contribution is 2.44. The van der Waals surface area contributed by atoms with E-state index < -0.39 is 0 Å². The fourth-order valence-corrected chi connectivity index (χ4v) is 7.43. The van der Waals surface area contributed by atoms with Gasteiger partial charge in [0.05, 0.1) is 7.11 Å². The zero-order valence-corrected chi connectivity index (χ0v) is 20.6. The Balaban J connectivity index is 1.01. The Hall–Kier alpha value is -1.60. The summed E-state index contributed by atoms with van der Waals surface area (Å²) in [6, 6.07) is 2.68. The topological polar surface area (TPSA) is 60.0 Å². The molecule has 0 radical (unpaired) electrons. The first-order chi connectivity index (χ1) is 16.7. The van der Waals surface area contributed by atoms with Crippen molar-refractivity contribution in [2.75, 3.05) is 20.2 Å². The summed E-state index contributed by atoms with van der Waals surface area (Å²) < 4.78 is 18.7. The molecule has 2 saturated carbocycles. The molecular formula is C27H40N4O3. The maximum Gasteiger partial charge on any atom is 0.264 e. The number of methoxy groups -OCH3 is 1. The molecule has 5 heterocycles. The van der Waals surface area contributed by atoms with Gasteiger partial charge in [-0.3, -0.25) is 9.80 Å². The molecule has 0 aromatic carbocycles. The number of ether oxygens (including phenoxy) is 3. The maximum absolute atomic E-state index is 6.49. The van der Waals surface area contributed by atoms with Crippen molar-refractivity contribution in [3.8, 4) is 17.5 Å². The molecule has 7 heteroatoms. The van der Waals surface area contributed by atoms with Crippen molar-refractivity contribution in [2.45, 2.75) is 113 Å². The van der Waals surface area contributed by atoms with Gasteiger partial charge >= 0.3 is 0 Å². The van der Waals surface area contributed by atoms with E-state index in [9.17, 15) is 0 Å². The van der Waals surface area contributed by atoms with Crippen molar-refractivity contribution < 1.29 is 14.2 Å². The van der Waals surface area contributed by atoms with Crippen LogP contribution in [0.3, 0.4) is 0 Å². The minimum atomic E-state index is 0.200. The third kappa shape index (κ3) is 4.27. The first-order valence-corrected chi connectivity index (χ1v) is 14.0. The second kappa shape index (κ2) is 8.81. The largest absolute Gasteiger partial charge is 0.487 e. The average Bonchev–Trinajstić information content (AvgIpc) is 3.73. The van der Waals surface area contributed by atoms with Crippen LogP contribution in [0.2, 0.25) is 0 Å². The van der Waals surface area contributed by atoms with Crippen molar-refractivity contribution in [1.29, 1.82) is 0 Å². The Bertz CT molecular complexity index is 796. The van der Waals surface area contributed by atoms with Gasteiger partial charge in [-0.15, -0.1) is 0 Å². The lowest BCUT2D eigenvalue weighted by Gasteiger charge is -2.39. The zero-order valence-electron chi connectivity index (χ0n) is 20.6. The summed E-state index contributed by atoms with van der Waals surface area (Å²) in [6.45, 7) is 2.61. The van der Waals surface area contributed by atoms with Crippen LogP contribution >= 0.6 is 0 Å². The van der Waals surface area contributed by atoms with Gasteiger partial charge in [0.15, 0.2) is 0 Å². The number of rotatable bonds is 9. The number of fused-ring (bicyclic) bond motifs is 4. The molecule has 1 aromatic rings. The molecule has 4 aliphatic heterocycles. The molecule has 0 amide bonds. The predicted octanol–water partition coefficient (Wildman–Crippen LogP) is 4.05. The molecule has 5 atom stereocenters. The molecular weight excluding hydrogens is 428 g/mol. The van der Waals surface area contributed by atoms with Gasteiger partial charge in [0.2, 0.25) is 5.75 Å². The molecule has 7 rings (SSSR count). The van der Waals surface area contributed by atoms with E-state index in [0.29, 0.717) is 41.7 Å². The van der Waals surface area contributed by atoms with Crippen molar-refractivity contribution in [1.82, 2.24) is 19.8 Å². The lowest BCUT2D eigenvalue weighted by molar-refractivity contribution is 0.0368. The van der Waals surface area contributed by atoms with Gasteiger partial charge in [0, 0.05) is 37.3 Å².